The number of fused-ring (bicyclic) bond motifs is 1. The maximum Gasteiger partial charge on any atom is 0.228 e. The van der Waals surface area contributed by atoms with Crippen LogP contribution in [0.2, 0.25) is 0 Å². The number of benzene rings is 2. The lowest BCUT2D eigenvalue weighted by molar-refractivity contribution is -0.121. The van der Waals surface area contributed by atoms with E-state index < -0.39 is 0 Å². The summed E-state index contributed by atoms with van der Waals surface area (Å²) in [6.45, 7) is 2.63. The van der Waals surface area contributed by atoms with Crippen molar-refractivity contribution in [1.82, 2.24) is 5.32 Å². The monoisotopic (exact) mass is 322 g/mol. The number of carbonyl (C=O) groups excluding carboxylic acids is 2. The molecule has 1 aliphatic heterocycles. The van der Waals surface area contributed by atoms with Gasteiger partial charge in [0, 0.05) is 18.7 Å². The number of amides is 2. The van der Waals surface area contributed by atoms with E-state index in [1.54, 1.807) is 0 Å². The second-order valence-electron chi connectivity index (χ2n) is 6.16. The van der Waals surface area contributed by atoms with E-state index >= 15 is 0 Å². The van der Waals surface area contributed by atoms with Crippen LogP contribution in [0.1, 0.15) is 35.6 Å². The smallest absolute Gasteiger partial charge is 0.228 e. The largest absolute Gasteiger partial charge is 0.352 e. The summed E-state index contributed by atoms with van der Waals surface area (Å²) in [6.07, 6.45) is 2.68. The van der Waals surface area contributed by atoms with Gasteiger partial charge in [-0.1, -0.05) is 43.3 Å². The lowest BCUT2D eigenvalue weighted by atomic mass is 10.1. The van der Waals surface area contributed by atoms with Crippen molar-refractivity contribution in [2.75, 3.05) is 5.32 Å². The van der Waals surface area contributed by atoms with Crippen molar-refractivity contribution in [3.63, 3.8) is 0 Å². The van der Waals surface area contributed by atoms with Crippen molar-refractivity contribution in [2.45, 2.75) is 39.2 Å². The van der Waals surface area contributed by atoms with Crippen LogP contribution in [-0.4, -0.2) is 11.8 Å². The fraction of sp³-hybridized carbons (Fsp3) is 0.300. The van der Waals surface area contributed by atoms with Gasteiger partial charge in [-0.15, -0.1) is 0 Å². The van der Waals surface area contributed by atoms with Crippen molar-refractivity contribution in [3.8, 4) is 0 Å². The van der Waals surface area contributed by atoms with Gasteiger partial charge >= 0.3 is 0 Å². The molecule has 1 heterocycles. The van der Waals surface area contributed by atoms with Gasteiger partial charge in [-0.25, -0.2) is 0 Å². The third-order valence-corrected chi connectivity index (χ3v) is 4.36. The van der Waals surface area contributed by atoms with Crippen LogP contribution in [0.15, 0.2) is 42.5 Å². The molecular weight excluding hydrogens is 300 g/mol. The van der Waals surface area contributed by atoms with Gasteiger partial charge in [-0.3, -0.25) is 9.59 Å². The number of anilines is 1. The Morgan fingerprint density at radius 2 is 1.79 bits per heavy atom. The highest BCUT2D eigenvalue weighted by atomic mass is 16.2. The third-order valence-electron chi connectivity index (χ3n) is 4.36. The van der Waals surface area contributed by atoms with E-state index in [0.29, 0.717) is 19.4 Å². The van der Waals surface area contributed by atoms with Crippen molar-refractivity contribution in [3.05, 3.63) is 64.7 Å². The van der Waals surface area contributed by atoms with Gasteiger partial charge in [0.25, 0.3) is 0 Å². The van der Waals surface area contributed by atoms with Gasteiger partial charge in [0.05, 0.1) is 6.42 Å². The van der Waals surface area contributed by atoms with E-state index in [0.717, 1.165) is 29.7 Å². The molecule has 0 unspecified atom stereocenters. The Labute approximate surface area is 142 Å². The van der Waals surface area contributed by atoms with Crippen LogP contribution in [0.5, 0.6) is 0 Å². The van der Waals surface area contributed by atoms with Crippen LogP contribution in [0.4, 0.5) is 5.69 Å². The number of nitrogens with one attached hydrogen (secondary N) is 2. The molecule has 1 aliphatic rings. The number of hydrogen-bond acceptors (Lipinski definition) is 2. The highest BCUT2D eigenvalue weighted by Crippen LogP contribution is 2.23. The topological polar surface area (TPSA) is 58.2 Å². The normalized spacial score (nSPS) is 12.6. The van der Waals surface area contributed by atoms with Crippen molar-refractivity contribution in [2.24, 2.45) is 0 Å². The summed E-state index contributed by atoms with van der Waals surface area (Å²) in [4.78, 5) is 23.4. The highest BCUT2D eigenvalue weighted by molar-refractivity contribution is 5.99. The first kappa shape index (κ1) is 16.2. The SMILES string of the molecule is CCc1ccc(CCC(=O)NCc2ccc3c(c2)CC(=O)N3)cc1. The molecule has 0 spiro atoms. The number of hydrogen-bond donors (Lipinski definition) is 2. The standard InChI is InChI=1S/C20H22N2O2/c1-2-14-3-5-15(6-4-14)8-10-19(23)21-13-16-7-9-18-17(11-16)12-20(24)22-18/h3-7,9,11H,2,8,10,12-13H2,1H3,(H,21,23)(H,22,24). The average molecular weight is 322 g/mol. The van der Waals surface area contributed by atoms with Crippen molar-refractivity contribution < 1.29 is 9.59 Å². The molecule has 4 heteroatoms. The molecular formula is C20H22N2O2. The zero-order chi connectivity index (χ0) is 16.9. The fourth-order valence-corrected chi connectivity index (χ4v) is 2.88. The zero-order valence-electron chi connectivity index (χ0n) is 13.9. The van der Waals surface area contributed by atoms with E-state index in [2.05, 4.69) is 41.8 Å². The molecule has 3 rings (SSSR count). The second-order valence-corrected chi connectivity index (χ2v) is 6.16. The zero-order valence-corrected chi connectivity index (χ0v) is 13.9. The first-order valence-corrected chi connectivity index (χ1v) is 8.40. The minimum Gasteiger partial charge on any atom is -0.352 e. The molecule has 0 aliphatic carbocycles. The maximum absolute atomic E-state index is 12.0. The average Bonchev–Trinajstić information content (AvgIpc) is 2.97. The Hall–Kier alpha value is -2.62. The molecule has 2 amide bonds. The minimum absolute atomic E-state index is 0.0280. The van der Waals surface area contributed by atoms with E-state index in [1.807, 2.05) is 18.2 Å². The molecule has 124 valence electrons. The van der Waals surface area contributed by atoms with Gasteiger partial charge in [0.15, 0.2) is 0 Å². The number of carbonyl (C=O) groups is 2. The summed E-state index contributed by atoms with van der Waals surface area (Å²) in [7, 11) is 0. The van der Waals surface area contributed by atoms with Gasteiger partial charge in [-0.2, -0.15) is 0 Å². The first-order chi connectivity index (χ1) is 11.6. The molecule has 0 fully saturated rings. The fourth-order valence-electron chi connectivity index (χ4n) is 2.88. The summed E-state index contributed by atoms with van der Waals surface area (Å²) in [6, 6.07) is 14.2. The molecule has 2 aromatic carbocycles. The van der Waals surface area contributed by atoms with Gasteiger partial charge in [-0.05, 0) is 41.2 Å². The van der Waals surface area contributed by atoms with Gasteiger partial charge < -0.3 is 10.6 Å². The molecule has 4 nitrogen and oxygen atoms in total. The van der Waals surface area contributed by atoms with Crippen LogP contribution in [0.25, 0.3) is 0 Å². The first-order valence-electron chi connectivity index (χ1n) is 8.40. The molecule has 0 saturated carbocycles. The molecule has 0 bridgehead atoms. The van der Waals surface area contributed by atoms with Gasteiger partial charge in [0.1, 0.15) is 0 Å². The Morgan fingerprint density at radius 3 is 2.54 bits per heavy atom. The highest BCUT2D eigenvalue weighted by Gasteiger charge is 2.17. The van der Waals surface area contributed by atoms with Crippen LogP contribution in [0.3, 0.4) is 0 Å². The second kappa shape index (κ2) is 7.30. The van der Waals surface area contributed by atoms with Crippen LogP contribution >= 0.6 is 0 Å². The van der Waals surface area contributed by atoms with Crippen molar-refractivity contribution in [1.29, 1.82) is 0 Å². The summed E-state index contributed by atoms with van der Waals surface area (Å²) in [5, 5.41) is 5.76. The molecule has 2 aromatic rings. The summed E-state index contributed by atoms with van der Waals surface area (Å²) in [5.74, 6) is 0.0737. The maximum atomic E-state index is 12.0. The number of aryl methyl sites for hydroxylation is 2. The molecule has 0 atom stereocenters. The Morgan fingerprint density at radius 1 is 1.08 bits per heavy atom. The Balaban J connectivity index is 1.47. The molecule has 2 N–H and O–H groups in total. The Kier molecular flexibility index (Phi) is 4.94. The van der Waals surface area contributed by atoms with Crippen LogP contribution < -0.4 is 10.6 Å². The van der Waals surface area contributed by atoms with E-state index in [-0.39, 0.29) is 11.8 Å². The predicted molar refractivity (Wildman–Crippen MR) is 94.8 cm³/mol. The molecule has 0 aromatic heterocycles. The molecule has 0 saturated heterocycles. The molecule has 0 radical (unpaired) electrons. The number of rotatable bonds is 6. The lowest BCUT2D eigenvalue weighted by Crippen LogP contribution is -2.23. The molecule has 24 heavy (non-hydrogen) atoms. The van der Waals surface area contributed by atoms with Crippen molar-refractivity contribution >= 4 is 17.5 Å². The predicted octanol–water partition coefficient (Wildman–Crippen LogP) is 2.99. The van der Waals surface area contributed by atoms with Crippen LogP contribution in [-0.2, 0) is 35.4 Å². The van der Waals surface area contributed by atoms with Crippen LogP contribution in [0, 0.1) is 0 Å². The summed E-state index contributed by atoms with van der Waals surface area (Å²) in [5.41, 5.74) is 5.40. The van der Waals surface area contributed by atoms with Gasteiger partial charge in [0.2, 0.25) is 11.8 Å². The minimum atomic E-state index is 0.0280. The third kappa shape index (κ3) is 4.02. The van der Waals surface area contributed by atoms with E-state index in [9.17, 15) is 9.59 Å². The quantitative estimate of drug-likeness (QED) is 0.859. The van der Waals surface area contributed by atoms with E-state index in [4.69, 9.17) is 0 Å². The van der Waals surface area contributed by atoms with E-state index in [1.165, 1.54) is 11.1 Å². The lowest BCUT2D eigenvalue weighted by Gasteiger charge is -2.07. The Bertz CT molecular complexity index is 751. The summed E-state index contributed by atoms with van der Waals surface area (Å²) >= 11 is 0. The summed E-state index contributed by atoms with van der Waals surface area (Å²) < 4.78 is 0.